The van der Waals surface area contributed by atoms with E-state index in [-0.39, 0.29) is 0 Å². The Hall–Kier alpha value is -0.900. The Morgan fingerprint density at radius 2 is 1.88 bits per heavy atom. The van der Waals surface area contributed by atoms with Crippen LogP contribution in [0.4, 0.5) is 0 Å². The molecule has 0 saturated heterocycles. The first-order valence-corrected chi connectivity index (χ1v) is 5.66. The molecule has 1 aromatic carbocycles. The van der Waals surface area contributed by atoms with Gasteiger partial charge in [-0.2, -0.15) is 0 Å². The van der Waals surface area contributed by atoms with Gasteiger partial charge < -0.3 is 15.3 Å². The second-order valence-corrected chi connectivity index (χ2v) is 4.62. The maximum Gasteiger partial charge on any atom is 0.0992 e. The van der Waals surface area contributed by atoms with Gasteiger partial charge in [0.1, 0.15) is 0 Å². The highest BCUT2D eigenvalue weighted by atomic mass is 16.3. The molecule has 0 aliphatic rings. The summed E-state index contributed by atoms with van der Waals surface area (Å²) in [4.78, 5) is 2.12. The summed E-state index contributed by atoms with van der Waals surface area (Å²) in [6, 6.07) is 9.76. The number of rotatable bonds is 6. The Balaban J connectivity index is 2.40. The Kier molecular flexibility index (Phi) is 4.93. The van der Waals surface area contributed by atoms with Gasteiger partial charge in [0, 0.05) is 19.6 Å². The summed E-state index contributed by atoms with van der Waals surface area (Å²) in [5, 5.41) is 13.5. The van der Waals surface area contributed by atoms with Crippen LogP contribution in [0.3, 0.4) is 0 Å². The zero-order valence-electron chi connectivity index (χ0n) is 10.4. The second-order valence-electron chi connectivity index (χ2n) is 4.62. The van der Waals surface area contributed by atoms with E-state index in [1.165, 1.54) is 0 Å². The summed E-state index contributed by atoms with van der Waals surface area (Å²) in [5.74, 6) is 0. The van der Waals surface area contributed by atoms with Crippen molar-refractivity contribution < 1.29 is 5.11 Å². The SMILES string of the molecule is CN(C)CCNCC(C)(O)c1ccccc1. The van der Waals surface area contributed by atoms with Crippen LogP contribution in [0, 0.1) is 0 Å². The lowest BCUT2D eigenvalue weighted by atomic mass is 9.96. The molecule has 1 rings (SSSR count). The third-order valence-electron chi connectivity index (χ3n) is 2.60. The van der Waals surface area contributed by atoms with Gasteiger partial charge in [-0.05, 0) is 26.6 Å². The van der Waals surface area contributed by atoms with Crippen molar-refractivity contribution in [1.82, 2.24) is 10.2 Å². The lowest BCUT2D eigenvalue weighted by molar-refractivity contribution is 0.0568. The molecule has 0 bridgehead atoms. The largest absolute Gasteiger partial charge is 0.384 e. The van der Waals surface area contributed by atoms with Crippen LogP contribution in [0.25, 0.3) is 0 Å². The molecule has 0 amide bonds. The molecule has 0 radical (unpaired) electrons. The number of likely N-dealkylation sites (N-methyl/N-ethyl adjacent to an activating group) is 1. The molecule has 0 saturated carbocycles. The minimum Gasteiger partial charge on any atom is -0.384 e. The molecule has 0 aliphatic carbocycles. The molecule has 3 nitrogen and oxygen atoms in total. The van der Waals surface area contributed by atoms with E-state index in [4.69, 9.17) is 0 Å². The van der Waals surface area contributed by atoms with Crippen LogP contribution in [0.5, 0.6) is 0 Å². The highest BCUT2D eigenvalue weighted by molar-refractivity contribution is 5.21. The van der Waals surface area contributed by atoms with Crippen LogP contribution < -0.4 is 5.32 Å². The molecule has 0 fully saturated rings. The van der Waals surface area contributed by atoms with E-state index in [2.05, 4.69) is 10.2 Å². The van der Waals surface area contributed by atoms with Gasteiger partial charge in [0.25, 0.3) is 0 Å². The smallest absolute Gasteiger partial charge is 0.0992 e. The van der Waals surface area contributed by atoms with Gasteiger partial charge in [0.05, 0.1) is 5.60 Å². The highest BCUT2D eigenvalue weighted by Gasteiger charge is 2.21. The quantitative estimate of drug-likeness (QED) is 0.706. The summed E-state index contributed by atoms with van der Waals surface area (Å²) in [5.41, 5.74) is 0.153. The number of nitrogens with zero attached hydrogens (tertiary/aromatic N) is 1. The average molecular weight is 222 g/mol. The molecule has 90 valence electrons. The first kappa shape index (κ1) is 13.2. The minimum absolute atomic E-state index is 0.574. The fraction of sp³-hybridized carbons (Fsp3) is 0.538. The lowest BCUT2D eigenvalue weighted by Crippen LogP contribution is -2.38. The van der Waals surface area contributed by atoms with Crippen molar-refractivity contribution in [2.45, 2.75) is 12.5 Å². The first-order chi connectivity index (χ1) is 7.52. The summed E-state index contributed by atoms with van der Waals surface area (Å²) in [7, 11) is 4.08. The Morgan fingerprint density at radius 1 is 1.25 bits per heavy atom. The van der Waals surface area contributed by atoms with E-state index in [0.717, 1.165) is 18.7 Å². The third-order valence-corrected chi connectivity index (χ3v) is 2.60. The molecule has 0 aromatic heterocycles. The fourth-order valence-corrected chi connectivity index (χ4v) is 1.53. The van der Waals surface area contributed by atoms with Gasteiger partial charge in [-0.3, -0.25) is 0 Å². The van der Waals surface area contributed by atoms with Gasteiger partial charge >= 0.3 is 0 Å². The monoisotopic (exact) mass is 222 g/mol. The zero-order valence-corrected chi connectivity index (χ0v) is 10.4. The number of benzene rings is 1. The van der Waals surface area contributed by atoms with Gasteiger partial charge in [-0.1, -0.05) is 30.3 Å². The Morgan fingerprint density at radius 3 is 2.44 bits per heavy atom. The third kappa shape index (κ3) is 4.31. The predicted molar refractivity (Wildman–Crippen MR) is 67.4 cm³/mol. The maximum atomic E-state index is 10.3. The van der Waals surface area contributed by atoms with Crippen molar-refractivity contribution in [3.63, 3.8) is 0 Å². The molecule has 1 atom stereocenters. The second kappa shape index (κ2) is 5.99. The molecule has 2 N–H and O–H groups in total. The van der Waals surface area contributed by atoms with Crippen LogP contribution in [-0.4, -0.2) is 43.7 Å². The summed E-state index contributed by atoms with van der Waals surface area (Å²) in [6.07, 6.45) is 0. The number of nitrogens with one attached hydrogen (secondary N) is 1. The molecular formula is C13H22N2O. The average Bonchev–Trinajstić information content (AvgIpc) is 2.26. The molecule has 1 aromatic rings. The van der Waals surface area contributed by atoms with Gasteiger partial charge in [0.2, 0.25) is 0 Å². The topological polar surface area (TPSA) is 35.5 Å². The van der Waals surface area contributed by atoms with Gasteiger partial charge in [-0.15, -0.1) is 0 Å². The number of hydrogen-bond acceptors (Lipinski definition) is 3. The lowest BCUT2D eigenvalue weighted by Gasteiger charge is -2.24. The van der Waals surface area contributed by atoms with Gasteiger partial charge in [0.15, 0.2) is 0 Å². The van der Waals surface area contributed by atoms with Gasteiger partial charge in [-0.25, -0.2) is 0 Å². The van der Waals surface area contributed by atoms with Crippen molar-refractivity contribution >= 4 is 0 Å². The number of hydrogen-bond donors (Lipinski definition) is 2. The van der Waals surface area contributed by atoms with E-state index in [9.17, 15) is 5.11 Å². The van der Waals surface area contributed by atoms with Crippen LogP contribution in [0.15, 0.2) is 30.3 Å². The van der Waals surface area contributed by atoms with E-state index in [1.807, 2.05) is 51.4 Å². The van der Waals surface area contributed by atoms with Crippen molar-refractivity contribution in [1.29, 1.82) is 0 Å². The summed E-state index contributed by atoms with van der Waals surface area (Å²) >= 11 is 0. The van der Waals surface area contributed by atoms with E-state index < -0.39 is 5.60 Å². The van der Waals surface area contributed by atoms with Crippen LogP contribution in [0.1, 0.15) is 12.5 Å². The molecule has 0 aliphatic heterocycles. The van der Waals surface area contributed by atoms with Crippen molar-refractivity contribution in [3.05, 3.63) is 35.9 Å². The Bertz CT molecular complexity index is 296. The molecular weight excluding hydrogens is 200 g/mol. The molecule has 16 heavy (non-hydrogen) atoms. The molecule has 0 spiro atoms. The van der Waals surface area contributed by atoms with Crippen molar-refractivity contribution in [3.8, 4) is 0 Å². The summed E-state index contributed by atoms with van der Waals surface area (Å²) in [6.45, 7) is 4.27. The van der Waals surface area contributed by atoms with Crippen molar-refractivity contribution in [2.24, 2.45) is 0 Å². The molecule has 1 unspecified atom stereocenters. The normalized spacial score (nSPS) is 15.1. The Labute approximate surface area is 98.1 Å². The van der Waals surface area contributed by atoms with Crippen LogP contribution in [0.2, 0.25) is 0 Å². The standard InChI is InChI=1S/C13H22N2O/c1-13(16,11-14-9-10-15(2)3)12-7-5-4-6-8-12/h4-8,14,16H,9-11H2,1-3H3. The minimum atomic E-state index is -0.798. The molecule has 3 heteroatoms. The zero-order chi connectivity index (χ0) is 12.0. The van der Waals surface area contributed by atoms with Crippen LogP contribution >= 0.6 is 0 Å². The number of aliphatic hydroxyl groups is 1. The molecule has 0 heterocycles. The summed E-state index contributed by atoms with van der Waals surface area (Å²) < 4.78 is 0. The highest BCUT2D eigenvalue weighted by Crippen LogP contribution is 2.18. The fourth-order valence-electron chi connectivity index (χ4n) is 1.53. The van der Waals surface area contributed by atoms with E-state index >= 15 is 0 Å². The maximum absolute atomic E-state index is 10.3. The van der Waals surface area contributed by atoms with Crippen molar-refractivity contribution in [2.75, 3.05) is 33.7 Å². The van der Waals surface area contributed by atoms with E-state index in [0.29, 0.717) is 6.54 Å². The van der Waals surface area contributed by atoms with Crippen LogP contribution in [-0.2, 0) is 5.60 Å². The van der Waals surface area contributed by atoms with E-state index in [1.54, 1.807) is 0 Å². The predicted octanol–water partition coefficient (Wildman–Crippen LogP) is 1.05. The first-order valence-electron chi connectivity index (χ1n) is 5.66.